The molecule has 1 fully saturated rings. The first-order chi connectivity index (χ1) is 9.70. The van der Waals surface area contributed by atoms with E-state index in [0.29, 0.717) is 6.04 Å². The van der Waals surface area contributed by atoms with Crippen LogP contribution >= 0.6 is 0 Å². The van der Waals surface area contributed by atoms with Crippen molar-refractivity contribution in [2.75, 3.05) is 38.6 Å². The molecule has 1 aliphatic heterocycles. The number of nitrogens with one attached hydrogen (secondary N) is 1. The maximum Gasteiger partial charge on any atom is 0.0366 e. The Morgan fingerprint density at radius 3 is 2.45 bits per heavy atom. The van der Waals surface area contributed by atoms with E-state index in [2.05, 4.69) is 60.4 Å². The van der Waals surface area contributed by atoms with Gasteiger partial charge in [0.25, 0.3) is 0 Å². The van der Waals surface area contributed by atoms with Crippen LogP contribution in [0.4, 0.5) is 5.69 Å². The van der Waals surface area contributed by atoms with Crippen LogP contribution in [-0.2, 0) is 6.54 Å². The van der Waals surface area contributed by atoms with Crippen LogP contribution in [-0.4, -0.2) is 44.7 Å². The van der Waals surface area contributed by atoms with Crippen molar-refractivity contribution in [3.8, 4) is 0 Å². The van der Waals surface area contributed by atoms with E-state index >= 15 is 0 Å². The maximum atomic E-state index is 3.45. The summed E-state index contributed by atoms with van der Waals surface area (Å²) in [7, 11) is 4.45. The van der Waals surface area contributed by atoms with Gasteiger partial charge in [0.05, 0.1) is 0 Å². The zero-order valence-corrected chi connectivity index (χ0v) is 13.2. The van der Waals surface area contributed by atoms with Crippen LogP contribution < -0.4 is 10.2 Å². The fraction of sp³-hybridized carbons (Fsp3) is 0.647. The van der Waals surface area contributed by atoms with Crippen molar-refractivity contribution >= 4 is 5.69 Å². The molecule has 0 saturated carbocycles. The van der Waals surface area contributed by atoms with Gasteiger partial charge in [-0.1, -0.05) is 19.1 Å². The third-order valence-electron chi connectivity index (χ3n) is 4.34. The average Bonchev–Trinajstić information content (AvgIpc) is 2.48. The van der Waals surface area contributed by atoms with Gasteiger partial charge in [0.1, 0.15) is 0 Å². The predicted octanol–water partition coefficient (Wildman–Crippen LogP) is 2.72. The highest BCUT2D eigenvalue weighted by Gasteiger charge is 2.20. The van der Waals surface area contributed by atoms with Gasteiger partial charge in [0.2, 0.25) is 0 Å². The lowest BCUT2D eigenvalue weighted by atomic mass is 10.0. The fourth-order valence-electron chi connectivity index (χ4n) is 2.85. The first-order valence-corrected chi connectivity index (χ1v) is 7.91. The van der Waals surface area contributed by atoms with Crippen molar-refractivity contribution in [2.45, 2.75) is 38.8 Å². The molecule has 0 aromatic heterocycles. The Hall–Kier alpha value is -1.06. The zero-order chi connectivity index (χ0) is 14.4. The van der Waals surface area contributed by atoms with Crippen molar-refractivity contribution in [1.29, 1.82) is 0 Å². The molecule has 0 amide bonds. The lowest BCUT2D eigenvalue weighted by Gasteiger charge is -2.36. The van der Waals surface area contributed by atoms with Gasteiger partial charge in [0.15, 0.2) is 0 Å². The van der Waals surface area contributed by atoms with E-state index < -0.39 is 0 Å². The Morgan fingerprint density at radius 1 is 1.20 bits per heavy atom. The maximum absolute atomic E-state index is 3.45. The third-order valence-corrected chi connectivity index (χ3v) is 4.34. The molecule has 20 heavy (non-hydrogen) atoms. The normalized spacial score (nSPS) is 17.4. The van der Waals surface area contributed by atoms with Crippen LogP contribution in [0, 0.1) is 0 Å². The van der Waals surface area contributed by atoms with Crippen LogP contribution in [0.2, 0.25) is 0 Å². The third kappa shape index (κ3) is 4.22. The highest BCUT2D eigenvalue weighted by molar-refractivity contribution is 5.48. The Kier molecular flexibility index (Phi) is 5.86. The van der Waals surface area contributed by atoms with E-state index in [1.165, 1.54) is 43.6 Å². The first kappa shape index (κ1) is 15.3. The van der Waals surface area contributed by atoms with Crippen molar-refractivity contribution in [3.05, 3.63) is 29.8 Å². The highest BCUT2D eigenvalue weighted by atomic mass is 15.2. The van der Waals surface area contributed by atoms with Gasteiger partial charge in [-0.2, -0.15) is 0 Å². The number of piperidine rings is 1. The SMILES string of the molecule is CCCNCc1ccc(N(C)C2CCN(C)CC2)cc1. The fourth-order valence-corrected chi connectivity index (χ4v) is 2.85. The molecule has 3 nitrogen and oxygen atoms in total. The van der Waals surface area contributed by atoms with Gasteiger partial charge in [-0.25, -0.2) is 0 Å². The summed E-state index contributed by atoms with van der Waals surface area (Å²) >= 11 is 0. The Bertz CT molecular complexity index is 380. The molecule has 0 atom stereocenters. The molecular weight excluding hydrogens is 246 g/mol. The van der Waals surface area contributed by atoms with E-state index in [0.717, 1.165) is 13.1 Å². The van der Waals surface area contributed by atoms with Crippen molar-refractivity contribution < 1.29 is 0 Å². The summed E-state index contributed by atoms with van der Waals surface area (Å²) in [6, 6.07) is 9.73. The van der Waals surface area contributed by atoms with Crippen LogP contribution in [0.5, 0.6) is 0 Å². The predicted molar refractivity (Wildman–Crippen MR) is 87.4 cm³/mol. The minimum atomic E-state index is 0.690. The second-order valence-corrected chi connectivity index (χ2v) is 5.99. The molecule has 2 rings (SSSR count). The molecule has 0 aliphatic carbocycles. The summed E-state index contributed by atoms with van der Waals surface area (Å²) in [4.78, 5) is 4.88. The van der Waals surface area contributed by atoms with Gasteiger partial charge in [-0.15, -0.1) is 0 Å². The number of anilines is 1. The molecule has 0 bridgehead atoms. The number of hydrogen-bond donors (Lipinski definition) is 1. The van der Waals surface area contributed by atoms with Gasteiger partial charge in [-0.05, 0) is 63.6 Å². The van der Waals surface area contributed by atoms with Gasteiger partial charge in [-0.3, -0.25) is 0 Å². The number of rotatable bonds is 6. The van der Waals surface area contributed by atoms with E-state index in [9.17, 15) is 0 Å². The van der Waals surface area contributed by atoms with Crippen LogP contribution in [0.25, 0.3) is 0 Å². The number of nitrogens with zero attached hydrogens (tertiary/aromatic N) is 2. The van der Waals surface area contributed by atoms with Crippen LogP contribution in [0.15, 0.2) is 24.3 Å². The van der Waals surface area contributed by atoms with E-state index in [4.69, 9.17) is 0 Å². The van der Waals surface area contributed by atoms with Gasteiger partial charge >= 0.3 is 0 Å². The Morgan fingerprint density at radius 2 is 1.85 bits per heavy atom. The molecule has 1 saturated heterocycles. The molecule has 1 aromatic carbocycles. The molecule has 112 valence electrons. The minimum absolute atomic E-state index is 0.690. The average molecular weight is 275 g/mol. The second kappa shape index (κ2) is 7.65. The molecule has 1 aromatic rings. The molecule has 0 unspecified atom stereocenters. The lowest BCUT2D eigenvalue weighted by molar-refractivity contribution is 0.253. The monoisotopic (exact) mass is 275 g/mol. The number of benzene rings is 1. The summed E-state index contributed by atoms with van der Waals surface area (Å²) < 4.78 is 0. The first-order valence-electron chi connectivity index (χ1n) is 7.91. The van der Waals surface area contributed by atoms with Gasteiger partial charge in [0, 0.05) is 25.3 Å². The topological polar surface area (TPSA) is 18.5 Å². The van der Waals surface area contributed by atoms with Gasteiger partial charge < -0.3 is 15.1 Å². The van der Waals surface area contributed by atoms with E-state index in [1.807, 2.05) is 0 Å². The molecular formula is C17H29N3. The van der Waals surface area contributed by atoms with Crippen LogP contribution in [0.3, 0.4) is 0 Å². The number of hydrogen-bond acceptors (Lipinski definition) is 3. The van der Waals surface area contributed by atoms with Crippen LogP contribution in [0.1, 0.15) is 31.7 Å². The summed E-state index contributed by atoms with van der Waals surface area (Å²) in [6.07, 6.45) is 3.73. The zero-order valence-electron chi connectivity index (χ0n) is 13.2. The largest absolute Gasteiger partial charge is 0.372 e. The highest BCUT2D eigenvalue weighted by Crippen LogP contribution is 2.22. The van der Waals surface area contributed by atoms with Crippen molar-refractivity contribution in [1.82, 2.24) is 10.2 Å². The summed E-state index contributed by atoms with van der Waals surface area (Å²) in [5, 5.41) is 3.45. The quantitative estimate of drug-likeness (QED) is 0.805. The molecule has 1 aliphatic rings. The summed E-state index contributed by atoms with van der Waals surface area (Å²) in [5.74, 6) is 0. The Labute approximate surface area is 124 Å². The smallest absolute Gasteiger partial charge is 0.0366 e. The molecule has 0 spiro atoms. The minimum Gasteiger partial charge on any atom is -0.372 e. The second-order valence-electron chi connectivity index (χ2n) is 5.99. The lowest BCUT2D eigenvalue weighted by Crippen LogP contribution is -2.41. The Balaban J connectivity index is 1.88. The summed E-state index contributed by atoms with van der Waals surface area (Å²) in [6.45, 7) is 6.71. The molecule has 0 radical (unpaired) electrons. The van der Waals surface area contributed by atoms with Crippen molar-refractivity contribution in [3.63, 3.8) is 0 Å². The standard InChI is InChI=1S/C17H29N3/c1-4-11-18-14-15-5-7-16(8-6-15)20(3)17-9-12-19(2)13-10-17/h5-8,17-18H,4,9-14H2,1-3H3. The van der Waals surface area contributed by atoms with E-state index in [-0.39, 0.29) is 0 Å². The molecule has 1 heterocycles. The number of likely N-dealkylation sites (tertiary alicyclic amines) is 1. The molecule has 1 N–H and O–H groups in total. The summed E-state index contributed by atoms with van der Waals surface area (Å²) in [5.41, 5.74) is 2.72. The molecule has 3 heteroatoms. The van der Waals surface area contributed by atoms with E-state index in [1.54, 1.807) is 0 Å². The van der Waals surface area contributed by atoms with Crippen molar-refractivity contribution in [2.24, 2.45) is 0 Å².